The van der Waals surface area contributed by atoms with Crippen LogP contribution in [0.25, 0.3) is 21.8 Å². The molecular weight excluding hydrogens is 224 g/mol. The Bertz CT molecular complexity index is 685. The summed E-state index contributed by atoms with van der Waals surface area (Å²) in [6, 6.07) is 14.4. The number of nitrogens with one attached hydrogen (secondary N) is 1. The van der Waals surface area contributed by atoms with Crippen molar-refractivity contribution in [3.63, 3.8) is 0 Å². The van der Waals surface area contributed by atoms with Crippen LogP contribution in [0.15, 0.2) is 42.5 Å². The first-order chi connectivity index (χ1) is 8.74. The standard InChI is InChI=1S/C15H16N2O/c1-10(16)9-18-11-6-7-13-12-4-2-3-5-14(12)17-15(13)8-11/h2-8,10,17H,9,16H2,1H3/t10-/m1/s1. The number of para-hydroxylation sites is 1. The van der Waals surface area contributed by atoms with Crippen molar-refractivity contribution in [3.8, 4) is 5.75 Å². The molecule has 92 valence electrons. The molecule has 0 unspecified atom stereocenters. The monoisotopic (exact) mass is 240 g/mol. The van der Waals surface area contributed by atoms with E-state index in [1.807, 2.05) is 25.1 Å². The average molecular weight is 240 g/mol. The van der Waals surface area contributed by atoms with Crippen molar-refractivity contribution in [2.75, 3.05) is 6.61 Å². The average Bonchev–Trinajstić information content (AvgIpc) is 2.73. The Hall–Kier alpha value is -2.00. The zero-order chi connectivity index (χ0) is 12.5. The Morgan fingerprint density at radius 2 is 1.89 bits per heavy atom. The number of nitrogens with two attached hydrogens (primary N) is 1. The van der Waals surface area contributed by atoms with E-state index in [1.54, 1.807) is 0 Å². The molecule has 0 amide bonds. The van der Waals surface area contributed by atoms with Gasteiger partial charge in [0.25, 0.3) is 0 Å². The number of hydrogen-bond donors (Lipinski definition) is 2. The van der Waals surface area contributed by atoms with Gasteiger partial charge in [-0.05, 0) is 25.1 Å². The lowest BCUT2D eigenvalue weighted by atomic mass is 10.1. The van der Waals surface area contributed by atoms with Crippen molar-refractivity contribution in [1.29, 1.82) is 0 Å². The smallest absolute Gasteiger partial charge is 0.121 e. The summed E-state index contributed by atoms with van der Waals surface area (Å²) < 4.78 is 5.63. The fraction of sp³-hybridized carbons (Fsp3) is 0.200. The van der Waals surface area contributed by atoms with Crippen LogP contribution >= 0.6 is 0 Å². The molecule has 0 fully saturated rings. The summed E-state index contributed by atoms with van der Waals surface area (Å²) in [4.78, 5) is 3.39. The second-order valence-corrected chi connectivity index (χ2v) is 4.67. The van der Waals surface area contributed by atoms with E-state index < -0.39 is 0 Å². The van der Waals surface area contributed by atoms with Crippen LogP contribution in [0.3, 0.4) is 0 Å². The SMILES string of the molecule is C[C@@H](N)COc1ccc2c(c1)[nH]c1ccccc12. The molecule has 0 saturated carbocycles. The van der Waals surface area contributed by atoms with E-state index >= 15 is 0 Å². The van der Waals surface area contributed by atoms with Crippen LogP contribution in [0.4, 0.5) is 0 Å². The molecule has 3 heteroatoms. The zero-order valence-electron chi connectivity index (χ0n) is 10.3. The maximum Gasteiger partial charge on any atom is 0.121 e. The molecule has 0 bridgehead atoms. The number of aromatic nitrogens is 1. The van der Waals surface area contributed by atoms with Gasteiger partial charge in [0, 0.05) is 28.4 Å². The minimum atomic E-state index is 0.0448. The third-order valence-electron chi connectivity index (χ3n) is 2.99. The van der Waals surface area contributed by atoms with Gasteiger partial charge < -0.3 is 15.5 Å². The van der Waals surface area contributed by atoms with Gasteiger partial charge in [0.05, 0.1) is 5.52 Å². The van der Waals surface area contributed by atoms with Gasteiger partial charge in [0.2, 0.25) is 0 Å². The second-order valence-electron chi connectivity index (χ2n) is 4.67. The highest BCUT2D eigenvalue weighted by Crippen LogP contribution is 2.28. The highest BCUT2D eigenvalue weighted by atomic mass is 16.5. The fourth-order valence-electron chi connectivity index (χ4n) is 2.15. The molecule has 0 spiro atoms. The Labute approximate surface area is 106 Å². The molecule has 0 saturated heterocycles. The molecular formula is C15H16N2O. The molecule has 1 heterocycles. The minimum Gasteiger partial charge on any atom is -0.492 e. The predicted octanol–water partition coefficient (Wildman–Crippen LogP) is 3.05. The van der Waals surface area contributed by atoms with Crippen LogP contribution in [0, 0.1) is 0 Å². The maximum atomic E-state index is 5.68. The van der Waals surface area contributed by atoms with Crippen molar-refractivity contribution in [2.45, 2.75) is 13.0 Å². The fourth-order valence-corrected chi connectivity index (χ4v) is 2.15. The van der Waals surface area contributed by atoms with Gasteiger partial charge in [-0.15, -0.1) is 0 Å². The molecule has 0 aliphatic rings. The normalized spacial score (nSPS) is 13.0. The maximum absolute atomic E-state index is 5.68. The van der Waals surface area contributed by atoms with Crippen LogP contribution in [-0.4, -0.2) is 17.6 Å². The lowest BCUT2D eigenvalue weighted by molar-refractivity contribution is 0.296. The lowest BCUT2D eigenvalue weighted by Crippen LogP contribution is -2.23. The molecule has 3 nitrogen and oxygen atoms in total. The van der Waals surface area contributed by atoms with Crippen molar-refractivity contribution in [3.05, 3.63) is 42.5 Å². The molecule has 2 aromatic carbocycles. The Kier molecular flexibility index (Phi) is 2.68. The number of hydrogen-bond acceptors (Lipinski definition) is 2. The molecule has 0 aliphatic carbocycles. The van der Waals surface area contributed by atoms with Gasteiger partial charge in [0.1, 0.15) is 12.4 Å². The number of aromatic amines is 1. The molecule has 18 heavy (non-hydrogen) atoms. The number of benzene rings is 2. The Morgan fingerprint density at radius 1 is 1.11 bits per heavy atom. The second kappa shape index (κ2) is 4.35. The third kappa shape index (κ3) is 1.93. The first kappa shape index (κ1) is 11.1. The summed E-state index contributed by atoms with van der Waals surface area (Å²) in [5, 5.41) is 2.46. The zero-order valence-corrected chi connectivity index (χ0v) is 10.3. The van der Waals surface area contributed by atoms with Crippen molar-refractivity contribution in [1.82, 2.24) is 4.98 Å². The van der Waals surface area contributed by atoms with E-state index in [4.69, 9.17) is 10.5 Å². The van der Waals surface area contributed by atoms with E-state index in [0.29, 0.717) is 6.61 Å². The van der Waals surface area contributed by atoms with Crippen LogP contribution in [0.5, 0.6) is 5.75 Å². The molecule has 0 radical (unpaired) electrons. The quantitative estimate of drug-likeness (QED) is 0.739. The summed E-state index contributed by atoms with van der Waals surface area (Å²) in [5.41, 5.74) is 7.93. The molecule has 1 aromatic heterocycles. The topological polar surface area (TPSA) is 51.0 Å². The van der Waals surface area contributed by atoms with Gasteiger partial charge in [-0.1, -0.05) is 18.2 Å². The van der Waals surface area contributed by atoms with Gasteiger partial charge in [-0.25, -0.2) is 0 Å². The first-order valence-electron chi connectivity index (χ1n) is 6.13. The van der Waals surface area contributed by atoms with E-state index in [1.165, 1.54) is 10.8 Å². The van der Waals surface area contributed by atoms with Gasteiger partial charge in [-0.3, -0.25) is 0 Å². The molecule has 0 aliphatic heterocycles. The Morgan fingerprint density at radius 3 is 2.72 bits per heavy atom. The first-order valence-corrected chi connectivity index (χ1v) is 6.13. The molecule has 1 atom stereocenters. The molecule has 3 aromatic rings. The third-order valence-corrected chi connectivity index (χ3v) is 2.99. The van der Waals surface area contributed by atoms with Crippen molar-refractivity contribution in [2.24, 2.45) is 5.73 Å². The highest BCUT2D eigenvalue weighted by molar-refractivity contribution is 6.07. The van der Waals surface area contributed by atoms with Crippen molar-refractivity contribution >= 4 is 21.8 Å². The lowest BCUT2D eigenvalue weighted by Gasteiger charge is -2.08. The van der Waals surface area contributed by atoms with Gasteiger partial charge in [-0.2, -0.15) is 0 Å². The number of fused-ring (bicyclic) bond motifs is 3. The van der Waals surface area contributed by atoms with Crippen LogP contribution in [0.2, 0.25) is 0 Å². The van der Waals surface area contributed by atoms with Crippen molar-refractivity contribution < 1.29 is 4.74 Å². The van der Waals surface area contributed by atoms with E-state index in [9.17, 15) is 0 Å². The van der Waals surface area contributed by atoms with Crippen LogP contribution in [0.1, 0.15) is 6.92 Å². The summed E-state index contributed by atoms with van der Waals surface area (Å²) in [6.07, 6.45) is 0. The van der Waals surface area contributed by atoms with E-state index in [-0.39, 0.29) is 6.04 Å². The number of ether oxygens (including phenoxy) is 1. The summed E-state index contributed by atoms with van der Waals surface area (Å²) >= 11 is 0. The summed E-state index contributed by atoms with van der Waals surface area (Å²) in [7, 11) is 0. The van der Waals surface area contributed by atoms with Gasteiger partial charge >= 0.3 is 0 Å². The largest absolute Gasteiger partial charge is 0.492 e. The molecule has 3 N–H and O–H groups in total. The van der Waals surface area contributed by atoms with Gasteiger partial charge in [0.15, 0.2) is 0 Å². The number of rotatable bonds is 3. The summed E-state index contributed by atoms with van der Waals surface area (Å²) in [6.45, 7) is 2.47. The number of H-pyrrole nitrogens is 1. The van der Waals surface area contributed by atoms with Crippen LogP contribution in [-0.2, 0) is 0 Å². The Balaban J connectivity index is 2.04. The predicted molar refractivity (Wildman–Crippen MR) is 74.9 cm³/mol. The van der Waals surface area contributed by atoms with Crippen LogP contribution < -0.4 is 10.5 Å². The highest BCUT2D eigenvalue weighted by Gasteiger charge is 2.05. The molecule has 3 rings (SSSR count). The summed E-state index contributed by atoms with van der Waals surface area (Å²) in [5.74, 6) is 0.853. The van der Waals surface area contributed by atoms with E-state index in [0.717, 1.165) is 16.8 Å². The van der Waals surface area contributed by atoms with E-state index in [2.05, 4.69) is 29.2 Å². The minimum absolute atomic E-state index is 0.0448.